The first kappa shape index (κ1) is 20.5. The van der Waals surface area contributed by atoms with Crippen LogP contribution < -0.4 is 5.56 Å². The molecule has 9 heteroatoms. The number of aromatic nitrogens is 5. The number of aromatic amines is 1. The number of thioether (sulfide) groups is 1. The van der Waals surface area contributed by atoms with Gasteiger partial charge in [-0.25, -0.2) is 4.98 Å². The summed E-state index contributed by atoms with van der Waals surface area (Å²) in [6.07, 6.45) is 1.65. The van der Waals surface area contributed by atoms with Crippen LogP contribution in [-0.2, 0) is 12.3 Å². The van der Waals surface area contributed by atoms with E-state index < -0.39 is 0 Å². The molecule has 0 fully saturated rings. The Morgan fingerprint density at radius 1 is 1.12 bits per heavy atom. The number of rotatable bonds is 6. The van der Waals surface area contributed by atoms with Crippen LogP contribution in [0.4, 0.5) is 0 Å². The van der Waals surface area contributed by atoms with E-state index in [0.717, 1.165) is 27.9 Å². The molecule has 2 aromatic carbocycles. The normalized spacial score (nSPS) is 11.3. The average Bonchev–Trinajstić information content (AvgIpc) is 3.38. The van der Waals surface area contributed by atoms with Crippen molar-refractivity contribution in [1.29, 1.82) is 0 Å². The third kappa shape index (κ3) is 4.06. The molecule has 160 valence electrons. The van der Waals surface area contributed by atoms with Crippen molar-refractivity contribution in [1.82, 2.24) is 24.7 Å². The SMILES string of the molecule is Cc1occc1-c1nnc(SCc2nc3cc(Cl)ccc3c(=O)[nH]2)n1Cc1ccccc1. The fourth-order valence-corrected chi connectivity index (χ4v) is 4.46. The van der Waals surface area contributed by atoms with E-state index in [-0.39, 0.29) is 5.56 Å². The van der Waals surface area contributed by atoms with E-state index in [0.29, 0.717) is 34.0 Å². The number of H-pyrrole nitrogens is 1. The first-order valence-corrected chi connectivity index (χ1v) is 11.3. The summed E-state index contributed by atoms with van der Waals surface area (Å²) in [5, 5.41) is 10.6. The van der Waals surface area contributed by atoms with Crippen molar-refractivity contribution in [2.24, 2.45) is 0 Å². The first-order chi connectivity index (χ1) is 15.6. The summed E-state index contributed by atoms with van der Waals surface area (Å²) in [6, 6.07) is 17.1. The molecule has 1 N–H and O–H groups in total. The maximum Gasteiger partial charge on any atom is 0.258 e. The molecule has 0 saturated carbocycles. The van der Waals surface area contributed by atoms with Crippen LogP contribution in [-0.4, -0.2) is 24.7 Å². The van der Waals surface area contributed by atoms with Crippen LogP contribution in [0.1, 0.15) is 17.1 Å². The van der Waals surface area contributed by atoms with Gasteiger partial charge in [-0.05, 0) is 36.8 Å². The van der Waals surface area contributed by atoms with Crippen LogP contribution in [0.15, 0.2) is 75.2 Å². The largest absolute Gasteiger partial charge is 0.469 e. The Morgan fingerprint density at radius 2 is 1.97 bits per heavy atom. The summed E-state index contributed by atoms with van der Waals surface area (Å²) in [5.41, 5.74) is 2.40. The van der Waals surface area contributed by atoms with Gasteiger partial charge in [-0.15, -0.1) is 10.2 Å². The van der Waals surface area contributed by atoms with Gasteiger partial charge in [-0.1, -0.05) is 53.7 Å². The van der Waals surface area contributed by atoms with Crippen LogP contribution >= 0.6 is 23.4 Å². The molecular weight excluding hydrogens is 446 g/mol. The molecule has 0 atom stereocenters. The topological polar surface area (TPSA) is 89.6 Å². The smallest absolute Gasteiger partial charge is 0.258 e. The van der Waals surface area contributed by atoms with Gasteiger partial charge in [0, 0.05) is 5.02 Å². The molecule has 32 heavy (non-hydrogen) atoms. The summed E-state index contributed by atoms with van der Waals surface area (Å²) in [5.74, 6) is 2.48. The fraction of sp³-hybridized carbons (Fsp3) is 0.130. The number of furan rings is 1. The van der Waals surface area contributed by atoms with E-state index >= 15 is 0 Å². The number of nitrogens with zero attached hydrogens (tertiary/aromatic N) is 4. The molecule has 0 aliphatic carbocycles. The van der Waals surface area contributed by atoms with Gasteiger partial charge < -0.3 is 9.40 Å². The van der Waals surface area contributed by atoms with Gasteiger partial charge >= 0.3 is 0 Å². The zero-order valence-electron chi connectivity index (χ0n) is 17.1. The van der Waals surface area contributed by atoms with Crippen molar-refractivity contribution in [3.8, 4) is 11.4 Å². The lowest BCUT2D eigenvalue weighted by molar-refractivity contribution is 0.534. The molecule has 0 saturated heterocycles. The lowest BCUT2D eigenvalue weighted by atomic mass is 10.2. The number of nitrogens with one attached hydrogen (secondary N) is 1. The van der Waals surface area contributed by atoms with Crippen molar-refractivity contribution in [3.63, 3.8) is 0 Å². The minimum atomic E-state index is -0.192. The zero-order valence-corrected chi connectivity index (χ0v) is 18.7. The number of fused-ring (bicyclic) bond motifs is 1. The van der Waals surface area contributed by atoms with Crippen LogP contribution in [0.5, 0.6) is 0 Å². The average molecular weight is 464 g/mol. The van der Waals surface area contributed by atoms with E-state index in [4.69, 9.17) is 16.0 Å². The number of hydrogen-bond donors (Lipinski definition) is 1. The minimum Gasteiger partial charge on any atom is -0.469 e. The van der Waals surface area contributed by atoms with Gasteiger partial charge in [0.1, 0.15) is 11.6 Å². The van der Waals surface area contributed by atoms with Crippen molar-refractivity contribution >= 4 is 34.3 Å². The predicted molar refractivity (Wildman–Crippen MR) is 125 cm³/mol. The predicted octanol–water partition coefficient (Wildman–Crippen LogP) is 5.08. The molecular formula is C23H18ClN5O2S. The van der Waals surface area contributed by atoms with Crippen molar-refractivity contribution in [2.75, 3.05) is 0 Å². The molecule has 0 radical (unpaired) electrons. The molecule has 3 heterocycles. The van der Waals surface area contributed by atoms with Crippen molar-refractivity contribution in [3.05, 3.63) is 93.4 Å². The molecule has 0 spiro atoms. The van der Waals surface area contributed by atoms with Crippen LogP contribution in [0, 0.1) is 6.92 Å². The molecule has 0 aliphatic heterocycles. The molecule has 5 rings (SSSR count). The van der Waals surface area contributed by atoms with E-state index in [1.165, 1.54) is 11.8 Å². The number of hydrogen-bond acceptors (Lipinski definition) is 6. The second kappa shape index (κ2) is 8.64. The highest BCUT2D eigenvalue weighted by Crippen LogP contribution is 2.29. The lowest BCUT2D eigenvalue weighted by Gasteiger charge is -2.10. The Morgan fingerprint density at radius 3 is 2.75 bits per heavy atom. The molecule has 0 unspecified atom stereocenters. The number of halogens is 1. The summed E-state index contributed by atoms with van der Waals surface area (Å²) >= 11 is 7.53. The van der Waals surface area contributed by atoms with Crippen LogP contribution in [0.2, 0.25) is 5.02 Å². The van der Waals surface area contributed by atoms with E-state index in [1.807, 2.05) is 35.8 Å². The summed E-state index contributed by atoms with van der Waals surface area (Å²) in [7, 11) is 0. The molecule has 3 aromatic heterocycles. The summed E-state index contributed by atoms with van der Waals surface area (Å²) in [4.78, 5) is 19.8. The summed E-state index contributed by atoms with van der Waals surface area (Å²) < 4.78 is 7.53. The van der Waals surface area contributed by atoms with E-state index in [2.05, 4.69) is 32.3 Å². The van der Waals surface area contributed by atoms with Gasteiger partial charge in [0.15, 0.2) is 11.0 Å². The van der Waals surface area contributed by atoms with E-state index in [1.54, 1.807) is 24.5 Å². The van der Waals surface area contributed by atoms with Gasteiger partial charge in [-0.3, -0.25) is 9.36 Å². The lowest BCUT2D eigenvalue weighted by Crippen LogP contribution is -2.11. The van der Waals surface area contributed by atoms with E-state index in [9.17, 15) is 4.79 Å². The van der Waals surface area contributed by atoms with Crippen molar-refractivity contribution in [2.45, 2.75) is 24.4 Å². The van der Waals surface area contributed by atoms with Gasteiger partial charge in [0.25, 0.3) is 5.56 Å². The highest BCUT2D eigenvalue weighted by Gasteiger charge is 2.18. The molecule has 0 bridgehead atoms. The quantitative estimate of drug-likeness (QED) is 0.353. The van der Waals surface area contributed by atoms with Gasteiger partial charge in [-0.2, -0.15) is 0 Å². The molecule has 5 aromatic rings. The molecule has 0 amide bonds. The fourth-order valence-electron chi connectivity index (χ4n) is 3.48. The monoisotopic (exact) mass is 463 g/mol. The maximum atomic E-state index is 12.4. The second-order valence-corrected chi connectivity index (χ2v) is 8.61. The minimum absolute atomic E-state index is 0.192. The second-order valence-electron chi connectivity index (χ2n) is 7.23. The highest BCUT2D eigenvalue weighted by atomic mass is 35.5. The Hall–Kier alpha value is -3.36. The Bertz CT molecular complexity index is 1460. The third-order valence-electron chi connectivity index (χ3n) is 5.06. The molecule has 0 aliphatic rings. The Balaban J connectivity index is 1.48. The maximum absolute atomic E-state index is 12.4. The van der Waals surface area contributed by atoms with Gasteiger partial charge in [0.05, 0.1) is 35.0 Å². The van der Waals surface area contributed by atoms with Crippen molar-refractivity contribution < 1.29 is 4.42 Å². The number of benzene rings is 2. The summed E-state index contributed by atoms with van der Waals surface area (Å²) in [6.45, 7) is 2.51. The Labute approximate surface area is 192 Å². The van der Waals surface area contributed by atoms with Gasteiger partial charge in [0.2, 0.25) is 0 Å². The zero-order chi connectivity index (χ0) is 22.1. The van der Waals surface area contributed by atoms with Crippen LogP contribution in [0.3, 0.4) is 0 Å². The first-order valence-electron chi connectivity index (χ1n) is 9.91. The highest BCUT2D eigenvalue weighted by molar-refractivity contribution is 7.98. The standard InChI is InChI=1S/C23H18ClN5O2S/c1-14-17(9-10-31-14)21-27-28-23(29(21)12-15-5-3-2-4-6-15)32-13-20-25-19-11-16(24)7-8-18(19)22(30)26-20/h2-11H,12-13H2,1H3,(H,25,26,30). The Kier molecular flexibility index (Phi) is 5.55. The third-order valence-corrected chi connectivity index (χ3v) is 6.27. The molecule has 7 nitrogen and oxygen atoms in total. The number of aryl methyl sites for hydroxylation is 1. The van der Waals surface area contributed by atoms with Crippen LogP contribution in [0.25, 0.3) is 22.3 Å².